The number of benzene rings is 1. The van der Waals surface area contributed by atoms with E-state index in [1.807, 2.05) is 18.2 Å². The first kappa shape index (κ1) is 12.7. The van der Waals surface area contributed by atoms with Crippen molar-refractivity contribution in [2.75, 3.05) is 6.54 Å². The highest BCUT2D eigenvalue weighted by atomic mass is 16.3. The molecule has 4 nitrogen and oxygen atoms in total. The number of fused-ring (bicyclic) bond motifs is 1. The Morgan fingerprint density at radius 2 is 2.00 bits per heavy atom. The number of ketones is 1. The third kappa shape index (κ3) is 2.50. The molecule has 2 aromatic rings. The molecule has 1 N–H and O–H groups in total. The Hall–Kier alpha value is -2.36. The molecule has 1 aromatic carbocycles. The number of hydrogen-bond acceptors (Lipinski definition) is 3. The van der Waals surface area contributed by atoms with E-state index >= 15 is 0 Å². The molecule has 0 radical (unpaired) electrons. The van der Waals surface area contributed by atoms with Crippen LogP contribution in [0.3, 0.4) is 0 Å². The van der Waals surface area contributed by atoms with Crippen LogP contribution in [0, 0.1) is 0 Å². The second-order valence-electron chi connectivity index (χ2n) is 4.92. The van der Waals surface area contributed by atoms with E-state index in [9.17, 15) is 9.59 Å². The molecule has 1 aromatic heterocycles. The van der Waals surface area contributed by atoms with Crippen molar-refractivity contribution in [1.82, 2.24) is 5.32 Å². The number of nitrogens with one attached hydrogen (secondary N) is 1. The molecular formula is C16H15NO3. The van der Waals surface area contributed by atoms with Crippen LogP contribution in [0.2, 0.25) is 0 Å². The van der Waals surface area contributed by atoms with Gasteiger partial charge in [0.25, 0.3) is 5.91 Å². The zero-order chi connectivity index (χ0) is 13.9. The van der Waals surface area contributed by atoms with Crippen molar-refractivity contribution in [2.45, 2.75) is 19.3 Å². The predicted molar refractivity (Wildman–Crippen MR) is 73.8 cm³/mol. The number of rotatable bonds is 4. The number of carbonyl (C=O) groups excluding carboxylic acids is 2. The number of Topliss-reactive ketones (excluding diaryl/α,β-unsaturated/α-hetero) is 1. The molecule has 1 heterocycles. The van der Waals surface area contributed by atoms with Gasteiger partial charge in [0.2, 0.25) is 0 Å². The van der Waals surface area contributed by atoms with Gasteiger partial charge in [-0.25, -0.2) is 0 Å². The molecule has 0 bridgehead atoms. The quantitative estimate of drug-likeness (QED) is 0.867. The molecule has 0 spiro atoms. The summed E-state index contributed by atoms with van der Waals surface area (Å²) in [6.45, 7) is -0.0156. The SMILES string of the molecule is O=C(CNC(=O)c1ccco1)c1ccc2c(c1)CCC2. The van der Waals surface area contributed by atoms with Gasteiger partial charge in [0, 0.05) is 5.56 Å². The molecular weight excluding hydrogens is 254 g/mol. The van der Waals surface area contributed by atoms with Gasteiger partial charge >= 0.3 is 0 Å². The Morgan fingerprint density at radius 1 is 1.15 bits per heavy atom. The van der Waals surface area contributed by atoms with E-state index in [1.54, 1.807) is 12.1 Å². The van der Waals surface area contributed by atoms with Crippen LogP contribution in [0.5, 0.6) is 0 Å². The lowest BCUT2D eigenvalue weighted by Crippen LogP contribution is -2.29. The smallest absolute Gasteiger partial charge is 0.287 e. The third-order valence-corrected chi connectivity index (χ3v) is 3.57. The summed E-state index contributed by atoms with van der Waals surface area (Å²) in [5.41, 5.74) is 3.25. The van der Waals surface area contributed by atoms with Gasteiger partial charge in [0.1, 0.15) is 0 Å². The molecule has 0 saturated heterocycles. The second-order valence-corrected chi connectivity index (χ2v) is 4.92. The van der Waals surface area contributed by atoms with E-state index < -0.39 is 0 Å². The van der Waals surface area contributed by atoms with E-state index in [-0.39, 0.29) is 24.0 Å². The average Bonchev–Trinajstić information content (AvgIpc) is 3.13. The second kappa shape index (κ2) is 5.33. The molecule has 0 unspecified atom stereocenters. The maximum Gasteiger partial charge on any atom is 0.287 e. The molecule has 0 fully saturated rings. The molecule has 1 aliphatic carbocycles. The Kier molecular flexibility index (Phi) is 3.37. The molecule has 20 heavy (non-hydrogen) atoms. The highest BCUT2D eigenvalue weighted by Gasteiger charge is 2.15. The van der Waals surface area contributed by atoms with E-state index in [0.717, 1.165) is 19.3 Å². The Balaban J connectivity index is 1.63. The zero-order valence-corrected chi connectivity index (χ0v) is 11.0. The minimum Gasteiger partial charge on any atom is -0.459 e. The van der Waals surface area contributed by atoms with Gasteiger partial charge < -0.3 is 9.73 Å². The summed E-state index contributed by atoms with van der Waals surface area (Å²) in [4.78, 5) is 23.7. The number of carbonyl (C=O) groups is 2. The maximum atomic E-state index is 12.1. The molecule has 0 saturated carbocycles. The highest BCUT2D eigenvalue weighted by Crippen LogP contribution is 2.22. The first-order valence-electron chi connectivity index (χ1n) is 6.71. The highest BCUT2D eigenvalue weighted by molar-refractivity contribution is 6.01. The maximum absolute atomic E-state index is 12.1. The minimum absolute atomic E-state index is 0.0156. The largest absolute Gasteiger partial charge is 0.459 e. The van der Waals surface area contributed by atoms with Crippen LogP contribution < -0.4 is 5.32 Å². The van der Waals surface area contributed by atoms with Crippen molar-refractivity contribution in [2.24, 2.45) is 0 Å². The fraction of sp³-hybridized carbons (Fsp3) is 0.250. The number of hydrogen-bond donors (Lipinski definition) is 1. The predicted octanol–water partition coefficient (Wildman–Crippen LogP) is 2.38. The molecule has 4 heteroatoms. The van der Waals surface area contributed by atoms with Crippen LogP contribution in [-0.4, -0.2) is 18.2 Å². The minimum atomic E-state index is -0.371. The molecule has 0 atom stereocenters. The Bertz CT molecular complexity index is 644. The summed E-state index contributed by atoms with van der Waals surface area (Å²) < 4.78 is 4.97. The van der Waals surface area contributed by atoms with Crippen molar-refractivity contribution in [3.05, 3.63) is 59.0 Å². The lowest BCUT2D eigenvalue weighted by atomic mass is 10.0. The van der Waals surface area contributed by atoms with Crippen LogP contribution in [-0.2, 0) is 12.8 Å². The Morgan fingerprint density at radius 3 is 2.80 bits per heavy atom. The van der Waals surface area contributed by atoms with Crippen molar-refractivity contribution in [1.29, 1.82) is 0 Å². The van der Waals surface area contributed by atoms with Gasteiger partial charge in [-0.2, -0.15) is 0 Å². The monoisotopic (exact) mass is 269 g/mol. The van der Waals surface area contributed by atoms with Gasteiger partial charge in [-0.05, 0) is 48.6 Å². The summed E-state index contributed by atoms with van der Waals surface area (Å²) in [5.74, 6) is -0.240. The van der Waals surface area contributed by atoms with E-state index in [0.29, 0.717) is 5.56 Å². The molecule has 102 valence electrons. The number of aryl methyl sites for hydroxylation is 2. The van der Waals surface area contributed by atoms with E-state index in [1.165, 1.54) is 17.4 Å². The van der Waals surface area contributed by atoms with Crippen molar-refractivity contribution >= 4 is 11.7 Å². The summed E-state index contributed by atoms with van der Waals surface area (Å²) in [7, 11) is 0. The lowest BCUT2D eigenvalue weighted by Gasteiger charge is -2.05. The standard InChI is InChI=1S/C16H15NO3/c18-14(10-17-16(19)15-5-2-8-20-15)13-7-6-11-3-1-4-12(11)9-13/h2,5-9H,1,3-4,10H2,(H,17,19). The van der Waals surface area contributed by atoms with Gasteiger partial charge in [-0.15, -0.1) is 0 Å². The van der Waals surface area contributed by atoms with Gasteiger partial charge in [0.05, 0.1) is 12.8 Å². The first-order valence-corrected chi connectivity index (χ1v) is 6.71. The zero-order valence-electron chi connectivity index (χ0n) is 11.0. The third-order valence-electron chi connectivity index (χ3n) is 3.57. The van der Waals surface area contributed by atoms with Gasteiger partial charge in [-0.1, -0.05) is 12.1 Å². The average molecular weight is 269 g/mol. The lowest BCUT2D eigenvalue weighted by molar-refractivity contribution is 0.0885. The van der Waals surface area contributed by atoms with Gasteiger partial charge in [0.15, 0.2) is 11.5 Å². The Labute approximate surface area is 116 Å². The van der Waals surface area contributed by atoms with E-state index in [2.05, 4.69) is 5.32 Å². The number of furan rings is 1. The fourth-order valence-electron chi connectivity index (χ4n) is 2.50. The molecule has 1 aliphatic rings. The van der Waals surface area contributed by atoms with Crippen molar-refractivity contribution in [3.8, 4) is 0 Å². The fourth-order valence-corrected chi connectivity index (χ4v) is 2.50. The van der Waals surface area contributed by atoms with Gasteiger partial charge in [-0.3, -0.25) is 9.59 Å². The summed E-state index contributed by atoms with van der Waals surface area (Å²) >= 11 is 0. The number of amides is 1. The van der Waals surface area contributed by atoms with Crippen LogP contribution in [0.15, 0.2) is 41.0 Å². The summed E-state index contributed by atoms with van der Waals surface area (Å²) in [6.07, 6.45) is 4.72. The molecule has 1 amide bonds. The van der Waals surface area contributed by atoms with Crippen molar-refractivity contribution < 1.29 is 14.0 Å². The van der Waals surface area contributed by atoms with Crippen LogP contribution in [0.25, 0.3) is 0 Å². The summed E-state index contributed by atoms with van der Waals surface area (Å²) in [5, 5.41) is 2.57. The molecule has 0 aliphatic heterocycles. The van der Waals surface area contributed by atoms with Crippen LogP contribution in [0.4, 0.5) is 0 Å². The van der Waals surface area contributed by atoms with Crippen molar-refractivity contribution in [3.63, 3.8) is 0 Å². The summed E-state index contributed by atoms with van der Waals surface area (Å²) in [6, 6.07) is 9.01. The normalized spacial score (nSPS) is 13.0. The first-order chi connectivity index (χ1) is 9.74. The van der Waals surface area contributed by atoms with Crippen LogP contribution in [0.1, 0.15) is 38.5 Å². The van der Waals surface area contributed by atoms with Crippen LogP contribution >= 0.6 is 0 Å². The van der Waals surface area contributed by atoms with E-state index in [4.69, 9.17) is 4.42 Å². The topological polar surface area (TPSA) is 59.3 Å². The molecule has 3 rings (SSSR count).